The van der Waals surface area contributed by atoms with Gasteiger partial charge in [-0.2, -0.15) is 0 Å². The third-order valence-electron chi connectivity index (χ3n) is 3.24. The number of carbonyl (C=O) groups is 1. The van der Waals surface area contributed by atoms with Gasteiger partial charge in [0.15, 0.2) is 0 Å². The van der Waals surface area contributed by atoms with Crippen molar-refractivity contribution in [3.8, 4) is 5.75 Å². The number of nitrogens with one attached hydrogen (secondary N) is 1. The van der Waals surface area contributed by atoms with Gasteiger partial charge >= 0.3 is 0 Å². The predicted octanol–water partition coefficient (Wildman–Crippen LogP) is 3.56. The minimum absolute atomic E-state index is 0.00162. The molecule has 106 valence electrons. The average molecular weight is 263 g/mol. The monoisotopic (exact) mass is 263 g/mol. The topological polar surface area (TPSA) is 38.3 Å². The normalized spacial score (nSPS) is 12.3. The van der Waals surface area contributed by atoms with Gasteiger partial charge in [0.25, 0.3) is 5.91 Å². The molecule has 1 atom stereocenters. The van der Waals surface area contributed by atoms with E-state index in [2.05, 4.69) is 26.1 Å². The highest BCUT2D eigenvalue weighted by Crippen LogP contribution is 2.18. The van der Waals surface area contributed by atoms with Gasteiger partial charge in [-0.15, -0.1) is 0 Å². The molecule has 0 aliphatic carbocycles. The third kappa shape index (κ3) is 4.58. The lowest BCUT2D eigenvalue weighted by molar-refractivity contribution is 0.0931. The fourth-order valence-corrected chi connectivity index (χ4v) is 2.19. The molecule has 0 aliphatic rings. The van der Waals surface area contributed by atoms with E-state index in [0.29, 0.717) is 11.5 Å². The lowest BCUT2D eigenvalue weighted by atomic mass is 10.0. The summed E-state index contributed by atoms with van der Waals surface area (Å²) in [6.45, 7) is 8.40. The van der Waals surface area contributed by atoms with Crippen LogP contribution in [0, 0.1) is 12.8 Å². The van der Waals surface area contributed by atoms with Crippen molar-refractivity contribution in [1.82, 2.24) is 5.32 Å². The van der Waals surface area contributed by atoms with Crippen LogP contribution in [0.5, 0.6) is 5.75 Å². The Labute approximate surface area is 116 Å². The van der Waals surface area contributed by atoms with Crippen molar-refractivity contribution in [2.24, 2.45) is 5.92 Å². The summed E-state index contributed by atoms with van der Waals surface area (Å²) in [5.74, 6) is 1.40. The van der Waals surface area contributed by atoms with Crippen LogP contribution in [0.3, 0.4) is 0 Å². The van der Waals surface area contributed by atoms with E-state index >= 15 is 0 Å². The first-order valence-corrected chi connectivity index (χ1v) is 6.93. The average Bonchev–Trinajstić information content (AvgIpc) is 2.37. The maximum absolute atomic E-state index is 12.2. The summed E-state index contributed by atoms with van der Waals surface area (Å²) < 4.78 is 5.20. The van der Waals surface area contributed by atoms with Gasteiger partial charge in [-0.1, -0.05) is 20.8 Å². The van der Waals surface area contributed by atoms with E-state index < -0.39 is 0 Å². The van der Waals surface area contributed by atoms with E-state index in [4.69, 9.17) is 4.74 Å². The first-order valence-electron chi connectivity index (χ1n) is 6.93. The summed E-state index contributed by atoms with van der Waals surface area (Å²) in [4.78, 5) is 12.2. The predicted molar refractivity (Wildman–Crippen MR) is 78.7 cm³/mol. The quantitative estimate of drug-likeness (QED) is 0.852. The van der Waals surface area contributed by atoms with E-state index in [0.717, 1.165) is 24.2 Å². The van der Waals surface area contributed by atoms with Gasteiger partial charge in [-0.25, -0.2) is 0 Å². The van der Waals surface area contributed by atoms with Crippen LogP contribution in [0.25, 0.3) is 0 Å². The molecule has 0 aliphatic heterocycles. The summed E-state index contributed by atoms with van der Waals surface area (Å²) in [5, 5.41) is 3.10. The number of carbonyl (C=O) groups excluding carboxylic acids is 1. The Morgan fingerprint density at radius 1 is 1.37 bits per heavy atom. The van der Waals surface area contributed by atoms with Crippen LogP contribution < -0.4 is 10.1 Å². The smallest absolute Gasteiger partial charge is 0.251 e. The van der Waals surface area contributed by atoms with Crippen LogP contribution in [0.15, 0.2) is 18.2 Å². The SMILES string of the molecule is CCC(CC(C)C)NC(=O)c1ccc(OC)c(C)c1. The minimum Gasteiger partial charge on any atom is -0.496 e. The third-order valence-corrected chi connectivity index (χ3v) is 3.24. The van der Waals surface area contributed by atoms with E-state index in [9.17, 15) is 4.79 Å². The van der Waals surface area contributed by atoms with E-state index in [1.807, 2.05) is 25.1 Å². The first kappa shape index (κ1) is 15.5. The molecule has 0 saturated carbocycles. The second-order valence-corrected chi connectivity index (χ2v) is 5.39. The highest BCUT2D eigenvalue weighted by molar-refractivity contribution is 5.94. The van der Waals surface area contributed by atoms with Crippen LogP contribution in [-0.2, 0) is 0 Å². The summed E-state index contributed by atoms with van der Waals surface area (Å²) in [6.07, 6.45) is 1.97. The lowest BCUT2D eigenvalue weighted by Crippen LogP contribution is -2.35. The summed E-state index contributed by atoms with van der Waals surface area (Å²) in [7, 11) is 1.64. The lowest BCUT2D eigenvalue weighted by Gasteiger charge is -2.19. The number of hydrogen-bond donors (Lipinski definition) is 1. The largest absolute Gasteiger partial charge is 0.496 e. The van der Waals surface area contributed by atoms with Gasteiger partial charge in [0.05, 0.1) is 7.11 Å². The summed E-state index contributed by atoms with van der Waals surface area (Å²) in [6, 6.07) is 5.77. The Kier molecular flexibility index (Phi) is 5.87. The van der Waals surface area contributed by atoms with Crippen molar-refractivity contribution in [1.29, 1.82) is 0 Å². The van der Waals surface area contributed by atoms with E-state index in [-0.39, 0.29) is 11.9 Å². The molecule has 1 amide bonds. The number of hydrogen-bond acceptors (Lipinski definition) is 2. The van der Waals surface area contributed by atoms with Gasteiger partial charge in [0.1, 0.15) is 5.75 Å². The Hall–Kier alpha value is -1.51. The minimum atomic E-state index is -0.00162. The molecule has 19 heavy (non-hydrogen) atoms. The molecule has 0 heterocycles. The fraction of sp³-hybridized carbons (Fsp3) is 0.562. The second-order valence-electron chi connectivity index (χ2n) is 5.39. The molecule has 0 saturated heterocycles. The maximum atomic E-state index is 12.2. The molecule has 1 rings (SSSR count). The van der Waals surface area contributed by atoms with Gasteiger partial charge in [-0.3, -0.25) is 4.79 Å². The number of aryl methyl sites for hydroxylation is 1. The Bertz CT molecular complexity index is 427. The van der Waals surface area contributed by atoms with Gasteiger partial charge in [0.2, 0.25) is 0 Å². The number of ether oxygens (including phenoxy) is 1. The molecule has 0 bridgehead atoms. The zero-order valence-corrected chi connectivity index (χ0v) is 12.6. The van der Waals surface area contributed by atoms with Crippen LogP contribution in [0.1, 0.15) is 49.5 Å². The standard InChI is InChI=1S/C16H25NO2/c1-6-14(9-11(2)3)17-16(18)13-7-8-15(19-5)12(4)10-13/h7-8,10-11,14H,6,9H2,1-5H3,(H,17,18). The van der Waals surface area contributed by atoms with Crippen molar-refractivity contribution >= 4 is 5.91 Å². The number of methoxy groups -OCH3 is 1. The van der Waals surface area contributed by atoms with E-state index in [1.54, 1.807) is 7.11 Å². The summed E-state index contributed by atoms with van der Waals surface area (Å²) in [5.41, 5.74) is 1.67. The molecule has 1 N–H and O–H groups in total. The molecular weight excluding hydrogens is 238 g/mol. The summed E-state index contributed by atoms with van der Waals surface area (Å²) >= 11 is 0. The molecule has 0 fully saturated rings. The number of amides is 1. The Morgan fingerprint density at radius 3 is 2.53 bits per heavy atom. The molecule has 1 aromatic rings. The molecule has 3 heteroatoms. The van der Waals surface area contributed by atoms with Crippen molar-refractivity contribution in [3.05, 3.63) is 29.3 Å². The van der Waals surface area contributed by atoms with E-state index in [1.165, 1.54) is 0 Å². The Balaban J connectivity index is 2.74. The number of rotatable bonds is 6. The molecule has 1 unspecified atom stereocenters. The zero-order valence-electron chi connectivity index (χ0n) is 12.6. The van der Waals surface area contributed by atoms with Crippen LogP contribution in [-0.4, -0.2) is 19.1 Å². The van der Waals surface area contributed by atoms with Gasteiger partial charge < -0.3 is 10.1 Å². The highest BCUT2D eigenvalue weighted by Gasteiger charge is 2.14. The van der Waals surface area contributed by atoms with Crippen LogP contribution >= 0.6 is 0 Å². The van der Waals surface area contributed by atoms with Gasteiger partial charge in [0, 0.05) is 11.6 Å². The second kappa shape index (κ2) is 7.17. The van der Waals surface area contributed by atoms with Crippen LogP contribution in [0.4, 0.5) is 0 Å². The van der Waals surface area contributed by atoms with Crippen molar-refractivity contribution in [2.45, 2.75) is 46.6 Å². The maximum Gasteiger partial charge on any atom is 0.251 e. The highest BCUT2D eigenvalue weighted by atomic mass is 16.5. The fourth-order valence-electron chi connectivity index (χ4n) is 2.19. The molecule has 0 spiro atoms. The first-order chi connectivity index (χ1) is 8.97. The molecule has 1 aromatic carbocycles. The van der Waals surface area contributed by atoms with Gasteiger partial charge in [-0.05, 0) is 49.4 Å². The molecule has 0 radical (unpaired) electrons. The number of benzene rings is 1. The van der Waals surface area contributed by atoms with Crippen LogP contribution in [0.2, 0.25) is 0 Å². The Morgan fingerprint density at radius 2 is 2.05 bits per heavy atom. The van der Waals surface area contributed by atoms with Crippen molar-refractivity contribution in [3.63, 3.8) is 0 Å². The molecule has 0 aromatic heterocycles. The zero-order chi connectivity index (χ0) is 14.4. The van der Waals surface area contributed by atoms with Crippen molar-refractivity contribution in [2.75, 3.05) is 7.11 Å². The molecule has 3 nitrogen and oxygen atoms in total. The molecular formula is C16H25NO2. The van der Waals surface area contributed by atoms with Crippen molar-refractivity contribution < 1.29 is 9.53 Å².